The molecule has 0 saturated carbocycles. The van der Waals surface area contributed by atoms with Crippen LogP contribution in [0.15, 0.2) is 60.8 Å². The predicted molar refractivity (Wildman–Crippen MR) is 79.9 cm³/mol. The zero-order valence-corrected chi connectivity index (χ0v) is 10.5. The Morgan fingerprint density at radius 3 is 2.63 bits per heavy atom. The fourth-order valence-corrected chi connectivity index (χ4v) is 2.11. The van der Waals surface area contributed by atoms with Crippen molar-refractivity contribution in [3.05, 3.63) is 66.4 Å². The number of nitrogens with one attached hydrogen (secondary N) is 1. The van der Waals surface area contributed by atoms with E-state index in [1.807, 2.05) is 12.1 Å². The van der Waals surface area contributed by atoms with Crippen LogP contribution < -0.4 is 11.1 Å². The molecule has 1 aromatic heterocycles. The first-order valence-electron chi connectivity index (χ1n) is 6.25. The Hall–Kier alpha value is -2.55. The van der Waals surface area contributed by atoms with Crippen LogP contribution in [0.3, 0.4) is 0 Å². The van der Waals surface area contributed by atoms with Crippen molar-refractivity contribution in [2.45, 2.75) is 6.54 Å². The van der Waals surface area contributed by atoms with Gasteiger partial charge in [-0.25, -0.2) is 4.98 Å². The van der Waals surface area contributed by atoms with Gasteiger partial charge in [-0.05, 0) is 34.5 Å². The maximum atomic E-state index is 5.80. The van der Waals surface area contributed by atoms with Crippen LogP contribution >= 0.6 is 0 Å². The summed E-state index contributed by atoms with van der Waals surface area (Å²) < 4.78 is 0. The Bertz CT molecular complexity index is 707. The zero-order chi connectivity index (χ0) is 13.1. The SMILES string of the molecule is Nc1ncccc1NCc1ccc2ccccc2c1. The quantitative estimate of drug-likeness (QED) is 0.747. The first-order chi connectivity index (χ1) is 9.33. The number of benzene rings is 2. The molecule has 19 heavy (non-hydrogen) atoms. The predicted octanol–water partition coefficient (Wildman–Crippen LogP) is 3.43. The van der Waals surface area contributed by atoms with Gasteiger partial charge in [-0.3, -0.25) is 0 Å². The van der Waals surface area contributed by atoms with Crippen LogP contribution in [0, 0.1) is 0 Å². The van der Waals surface area contributed by atoms with Gasteiger partial charge >= 0.3 is 0 Å². The summed E-state index contributed by atoms with van der Waals surface area (Å²) in [6, 6.07) is 18.6. The van der Waals surface area contributed by atoms with Gasteiger partial charge in [0.05, 0.1) is 5.69 Å². The van der Waals surface area contributed by atoms with Gasteiger partial charge in [0.25, 0.3) is 0 Å². The van der Waals surface area contributed by atoms with Gasteiger partial charge in [0.2, 0.25) is 0 Å². The third kappa shape index (κ3) is 2.50. The molecule has 3 heteroatoms. The molecule has 3 nitrogen and oxygen atoms in total. The molecule has 0 saturated heterocycles. The molecular formula is C16H15N3. The maximum Gasteiger partial charge on any atom is 0.146 e. The molecule has 94 valence electrons. The highest BCUT2D eigenvalue weighted by Gasteiger charge is 1.99. The summed E-state index contributed by atoms with van der Waals surface area (Å²) >= 11 is 0. The van der Waals surface area contributed by atoms with Crippen molar-refractivity contribution in [3.63, 3.8) is 0 Å². The van der Waals surface area contributed by atoms with E-state index in [1.165, 1.54) is 16.3 Å². The van der Waals surface area contributed by atoms with E-state index in [2.05, 4.69) is 52.8 Å². The Morgan fingerprint density at radius 2 is 1.79 bits per heavy atom. The van der Waals surface area contributed by atoms with E-state index in [0.29, 0.717) is 5.82 Å². The van der Waals surface area contributed by atoms with Gasteiger partial charge < -0.3 is 11.1 Å². The van der Waals surface area contributed by atoms with Crippen molar-refractivity contribution in [2.24, 2.45) is 0 Å². The largest absolute Gasteiger partial charge is 0.382 e. The topological polar surface area (TPSA) is 50.9 Å². The molecule has 3 N–H and O–H groups in total. The number of rotatable bonds is 3. The Kier molecular flexibility index (Phi) is 3.02. The van der Waals surface area contributed by atoms with Crippen molar-refractivity contribution >= 4 is 22.3 Å². The number of hydrogen-bond acceptors (Lipinski definition) is 3. The van der Waals surface area contributed by atoms with Crippen molar-refractivity contribution in [2.75, 3.05) is 11.1 Å². The molecule has 0 unspecified atom stereocenters. The summed E-state index contributed by atoms with van der Waals surface area (Å²) in [6.07, 6.45) is 1.69. The number of nitrogens with two attached hydrogens (primary N) is 1. The second-order valence-electron chi connectivity index (χ2n) is 4.47. The van der Waals surface area contributed by atoms with E-state index in [4.69, 9.17) is 5.73 Å². The molecule has 0 fully saturated rings. The van der Waals surface area contributed by atoms with Crippen LogP contribution in [-0.4, -0.2) is 4.98 Å². The van der Waals surface area contributed by atoms with Gasteiger partial charge in [0.15, 0.2) is 0 Å². The molecular weight excluding hydrogens is 234 g/mol. The Labute approximate surface area is 112 Å². The van der Waals surface area contributed by atoms with Crippen LogP contribution in [0.25, 0.3) is 10.8 Å². The third-order valence-electron chi connectivity index (χ3n) is 3.14. The smallest absolute Gasteiger partial charge is 0.146 e. The minimum Gasteiger partial charge on any atom is -0.382 e. The average molecular weight is 249 g/mol. The molecule has 0 radical (unpaired) electrons. The zero-order valence-electron chi connectivity index (χ0n) is 10.5. The van der Waals surface area contributed by atoms with E-state index in [1.54, 1.807) is 6.20 Å². The third-order valence-corrected chi connectivity index (χ3v) is 3.14. The van der Waals surface area contributed by atoms with Crippen molar-refractivity contribution < 1.29 is 0 Å². The number of anilines is 2. The molecule has 0 aliphatic carbocycles. The first-order valence-corrected chi connectivity index (χ1v) is 6.25. The minimum absolute atomic E-state index is 0.531. The average Bonchev–Trinajstić information content (AvgIpc) is 2.46. The number of pyridine rings is 1. The highest BCUT2D eigenvalue weighted by Crippen LogP contribution is 2.18. The number of nitrogen functional groups attached to an aromatic ring is 1. The molecule has 0 bridgehead atoms. The highest BCUT2D eigenvalue weighted by atomic mass is 14.9. The first kappa shape index (κ1) is 11.5. The molecule has 3 rings (SSSR count). The molecule has 3 aromatic rings. The Morgan fingerprint density at radius 1 is 0.947 bits per heavy atom. The lowest BCUT2D eigenvalue weighted by molar-refractivity contribution is 1.15. The highest BCUT2D eigenvalue weighted by molar-refractivity contribution is 5.83. The summed E-state index contributed by atoms with van der Waals surface area (Å²) in [5, 5.41) is 5.81. The van der Waals surface area contributed by atoms with Gasteiger partial charge in [-0.15, -0.1) is 0 Å². The lowest BCUT2D eigenvalue weighted by atomic mass is 10.1. The normalized spacial score (nSPS) is 10.5. The van der Waals surface area contributed by atoms with Gasteiger partial charge in [0.1, 0.15) is 5.82 Å². The molecule has 0 aliphatic heterocycles. The van der Waals surface area contributed by atoms with Gasteiger partial charge in [-0.2, -0.15) is 0 Å². The molecule has 0 aliphatic rings. The number of nitrogens with zero attached hydrogens (tertiary/aromatic N) is 1. The monoisotopic (exact) mass is 249 g/mol. The van der Waals surface area contributed by atoms with E-state index < -0.39 is 0 Å². The van der Waals surface area contributed by atoms with Crippen molar-refractivity contribution in [1.82, 2.24) is 4.98 Å². The van der Waals surface area contributed by atoms with Crippen LogP contribution in [0.1, 0.15) is 5.56 Å². The van der Waals surface area contributed by atoms with Crippen molar-refractivity contribution in [3.8, 4) is 0 Å². The second-order valence-corrected chi connectivity index (χ2v) is 4.47. The van der Waals surface area contributed by atoms with Crippen LogP contribution in [0.4, 0.5) is 11.5 Å². The van der Waals surface area contributed by atoms with Crippen LogP contribution in [-0.2, 0) is 6.54 Å². The van der Waals surface area contributed by atoms with E-state index in [0.717, 1.165) is 12.2 Å². The minimum atomic E-state index is 0.531. The summed E-state index contributed by atoms with van der Waals surface area (Å²) in [4.78, 5) is 4.06. The number of fused-ring (bicyclic) bond motifs is 1. The maximum absolute atomic E-state index is 5.80. The van der Waals surface area contributed by atoms with Crippen LogP contribution in [0.2, 0.25) is 0 Å². The second kappa shape index (κ2) is 4.98. The number of hydrogen-bond donors (Lipinski definition) is 2. The van der Waals surface area contributed by atoms with Crippen molar-refractivity contribution in [1.29, 1.82) is 0 Å². The molecule has 0 atom stereocenters. The summed E-state index contributed by atoms with van der Waals surface area (Å²) in [5.74, 6) is 0.531. The summed E-state index contributed by atoms with van der Waals surface area (Å²) in [5.41, 5.74) is 7.90. The van der Waals surface area contributed by atoms with Crippen LogP contribution in [0.5, 0.6) is 0 Å². The summed E-state index contributed by atoms with van der Waals surface area (Å²) in [6.45, 7) is 0.737. The summed E-state index contributed by atoms with van der Waals surface area (Å²) in [7, 11) is 0. The molecule has 0 amide bonds. The molecule has 2 aromatic carbocycles. The molecule has 0 spiro atoms. The van der Waals surface area contributed by atoms with E-state index in [9.17, 15) is 0 Å². The van der Waals surface area contributed by atoms with E-state index in [-0.39, 0.29) is 0 Å². The number of aromatic nitrogens is 1. The van der Waals surface area contributed by atoms with Gasteiger partial charge in [-0.1, -0.05) is 36.4 Å². The lowest BCUT2D eigenvalue weighted by Crippen LogP contribution is -2.03. The van der Waals surface area contributed by atoms with E-state index >= 15 is 0 Å². The lowest BCUT2D eigenvalue weighted by Gasteiger charge is -2.09. The molecule has 1 heterocycles. The Balaban J connectivity index is 1.80. The van der Waals surface area contributed by atoms with Gasteiger partial charge in [0, 0.05) is 12.7 Å². The fourth-order valence-electron chi connectivity index (χ4n) is 2.11. The fraction of sp³-hybridized carbons (Fsp3) is 0.0625. The standard InChI is InChI=1S/C16H15N3/c17-16-15(6-3-9-18-16)19-11-12-7-8-13-4-1-2-5-14(13)10-12/h1-10,19H,11H2,(H2,17,18).